The van der Waals surface area contributed by atoms with Crippen LogP contribution in [0.15, 0.2) is 60.7 Å². The monoisotopic (exact) mass is 469 g/mol. The van der Waals surface area contributed by atoms with Gasteiger partial charge < -0.3 is 29.0 Å². The van der Waals surface area contributed by atoms with Crippen molar-refractivity contribution in [2.45, 2.75) is 6.61 Å². The maximum Gasteiger partial charge on any atom is 0.338 e. The number of carbonyl (C=O) groups excluding carboxylic acids is 2. The van der Waals surface area contributed by atoms with Gasteiger partial charge in [-0.05, 0) is 48.0 Å². The van der Waals surface area contributed by atoms with Crippen LogP contribution >= 0.6 is 11.6 Å². The SMILES string of the molecule is COc1cc(C(=O)OCC(=O)Nc2ccc3c(c2)OCO3)ccc1OCc1ccc(Cl)cc1. The molecular formula is C24H20ClNO7. The highest BCUT2D eigenvalue weighted by Crippen LogP contribution is 2.34. The molecule has 3 aromatic rings. The van der Waals surface area contributed by atoms with Gasteiger partial charge in [-0.3, -0.25) is 4.79 Å². The molecule has 3 aromatic carbocycles. The summed E-state index contributed by atoms with van der Waals surface area (Å²) in [4.78, 5) is 24.6. The normalized spacial score (nSPS) is 11.6. The first kappa shape index (κ1) is 22.3. The molecule has 8 nitrogen and oxygen atoms in total. The van der Waals surface area contributed by atoms with Gasteiger partial charge in [-0.25, -0.2) is 4.79 Å². The molecule has 170 valence electrons. The molecule has 4 rings (SSSR count). The van der Waals surface area contributed by atoms with E-state index in [0.717, 1.165) is 5.56 Å². The number of rotatable bonds is 8. The van der Waals surface area contributed by atoms with Crippen molar-refractivity contribution in [2.75, 3.05) is 25.8 Å². The largest absolute Gasteiger partial charge is 0.493 e. The second kappa shape index (κ2) is 10.1. The number of anilines is 1. The third-order valence-corrected chi connectivity index (χ3v) is 4.95. The summed E-state index contributed by atoms with van der Waals surface area (Å²) in [6, 6.07) is 16.9. The Bertz CT molecular complexity index is 1160. The van der Waals surface area contributed by atoms with E-state index in [1.165, 1.54) is 19.2 Å². The van der Waals surface area contributed by atoms with Crippen LogP contribution in [0.1, 0.15) is 15.9 Å². The Morgan fingerprint density at radius 3 is 2.55 bits per heavy atom. The Morgan fingerprint density at radius 1 is 0.970 bits per heavy atom. The minimum atomic E-state index is -0.668. The number of amides is 1. The van der Waals surface area contributed by atoms with Gasteiger partial charge in [0.25, 0.3) is 5.91 Å². The number of halogens is 1. The number of esters is 1. The van der Waals surface area contributed by atoms with Gasteiger partial charge in [-0.1, -0.05) is 23.7 Å². The molecule has 1 amide bonds. The lowest BCUT2D eigenvalue weighted by Gasteiger charge is -2.12. The molecule has 0 fully saturated rings. The molecule has 0 radical (unpaired) electrons. The van der Waals surface area contributed by atoms with Crippen molar-refractivity contribution in [1.82, 2.24) is 0 Å². The summed E-state index contributed by atoms with van der Waals surface area (Å²) in [5.74, 6) is 0.812. The molecule has 0 atom stereocenters. The van der Waals surface area contributed by atoms with Crippen LogP contribution in [-0.4, -0.2) is 32.4 Å². The summed E-state index contributed by atoms with van der Waals surface area (Å²) >= 11 is 5.89. The Kier molecular flexibility index (Phi) is 6.85. The predicted molar refractivity (Wildman–Crippen MR) is 120 cm³/mol. The zero-order valence-electron chi connectivity index (χ0n) is 17.6. The molecule has 0 aliphatic carbocycles. The second-order valence-electron chi connectivity index (χ2n) is 6.97. The average Bonchev–Trinajstić information content (AvgIpc) is 3.30. The van der Waals surface area contributed by atoms with E-state index in [0.29, 0.717) is 40.3 Å². The molecule has 0 unspecified atom stereocenters. The van der Waals surface area contributed by atoms with Crippen molar-refractivity contribution < 1.29 is 33.3 Å². The van der Waals surface area contributed by atoms with Crippen LogP contribution in [0.25, 0.3) is 0 Å². The molecule has 0 aromatic heterocycles. The highest BCUT2D eigenvalue weighted by Gasteiger charge is 2.16. The number of benzene rings is 3. The standard InChI is InChI=1S/C24H20ClNO7/c1-29-21-10-16(4-8-19(21)30-12-15-2-5-17(25)6-3-15)24(28)31-13-23(27)26-18-7-9-20-22(11-18)33-14-32-20/h2-11H,12-14H2,1H3,(H,26,27). The van der Waals surface area contributed by atoms with Crippen molar-refractivity contribution in [3.8, 4) is 23.0 Å². The fourth-order valence-corrected chi connectivity index (χ4v) is 3.17. The number of carbonyl (C=O) groups is 2. The molecule has 1 N–H and O–H groups in total. The molecule has 1 heterocycles. The van der Waals surface area contributed by atoms with Crippen LogP contribution in [0, 0.1) is 0 Å². The van der Waals surface area contributed by atoms with E-state index in [1.54, 1.807) is 36.4 Å². The van der Waals surface area contributed by atoms with Crippen LogP contribution < -0.4 is 24.3 Å². The predicted octanol–water partition coefficient (Wildman–Crippen LogP) is 4.45. The minimum absolute atomic E-state index is 0.138. The van der Waals surface area contributed by atoms with Crippen LogP contribution in [0.2, 0.25) is 5.02 Å². The Labute approximate surface area is 194 Å². The molecular weight excluding hydrogens is 450 g/mol. The lowest BCUT2D eigenvalue weighted by Crippen LogP contribution is -2.21. The van der Waals surface area contributed by atoms with Crippen molar-refractivity contribution in [2.24, 2.45) is 0 Å². The molecule has 33 heavy (non-hydrogen) atoms. The van der Waals surface area contributed by atoms with E-state index >= 15 is 0 Å². The fourth-order valence-electron chi connectivity index (χ4n) is 3.04. The number of methoxy groups -OCH3 is 1. The lowest BCUT2D eigenvalue weighted by atomic mass is 10.2. The first-order valence-electron chi connectivity index (χ1n) is 9.94. The molecule has 1 aliphatic heterocycles. The third-order valence-electron chi connectivity index (χ3n) is 4.70. The maximum absolute atomic E-state index is 12.4. The summed E-state index contributed by atoms with van der Waals surface area (Å²) in [5, 5.41) is 3.28. The lowest BCUT2D eigenvalue weighted by molar-refractivity contribution is -0.119. The summed E-state index contributed by atoms with van der Waals surface area (Å²) in [6.45, 7) is -0.0134. The maximum atomic E-state index is 12.4. The molecule has 0 bridgehead atoms. The quantitative estimate of drug-likeness (QED) is 0.487. The van der Waals surface area contributed by atoms with E-state index in [-0.39, 0.29) is 12.4 Å². The number of hydrogen-bond donors (Lipinski definition) is 1. The molecule has 0 spiro atoms. The topological polar surface area (TPSA) is 92.3 Å². The molecule has 1 aliphatic rings. The smallest absolute Gasteiger partial charge is 0.338 e. The van der Waals surface area contributed by atoms with Crippen molar-refractivity contribution >= 4 is 29.2 Å². The summed E-state index contributed by atoms with van der Waals surface area (Å²) in [7, 11) is 1.47. The van der Waals surface area contributed by atoms with Gasteiger partial charge >= 0.3 is 5.97 Å². The minimum Gasteiger partial charge on any atom is -0.493 e. The summed E-state index contributed by atoms with van der Waals surface area (Å²) in [6.07, 6.45) is 0. The zero-order chi connectivity index (χ0) is 23.2. The van der Waals surface area contributed by atoms with E-state index in [1.807, 2.05) is 12.1 Å². The van der Waals surface area contributed by atoms with E-state index in [2.05, 4.69) is 5.32 Å². The van der Waals surface area contributed by atoms with Crippen molar-refractivity contribution in [3.63, 3.8) is 0 Å². The molecule has 9 heteroatoms. The number of fused-ring (bicyclic) bond motifs is 1. The highest BCUT2D eigenvalue weighted by atomic mass is 35.5. The van der Waals surface area contributed by atoms with E-state index in [9.17, 15) is 9.59 Å². The number of hydrogen-bond acceptors (Lipinski definition) is 7. The van der Waals surface area contributed by atoms with Gasteiger partial charge in [0.2, 0.25) is 6.79 Å². The highest BCUT2D eigenvalue weighted by molar-refractivity contribution is 6.30. The van der Waals surface area contributed by atoms with Crippen LogP contribution in [0.4, 0.5) is 5.69 Å². The molecule has 0 saturated carbocycles. The zero-order valence-corrected chi connectivity index (χ0v) is 18.4. The fraction of sp³-hybridized carbons (Fsp3) is 0.167. The van der Waals surface area contributed by atoms with Gasteiger partial charge in [0.1, 0.15) is 6.61 Å². The van der Waals surface area contributed by atoms with Crippen LogP contribution in [-0.2, 0) is 16.1 Å². The van der Waals surface area contributed by atoms with Crippen LogP contribution in [0.5, 0.6) is 23.0 Å². The van der Waals surface area contributed by atoms with Gasteiger partial charge in [0.15, 0.2) is 29.6 Å². The van der Waals surface area contributed by atoms with Crippen LogP contribution in [0.3, 0.4) is 0 Å². The Hall–Kier alpha value is -3.91. The third kappa shape index (κ3) is 5.67. The van der Waals surface area contributed by atoms with Crippen molar-refractivity contribution in [1.29, 1.82) is 0 Å². The Morgan fingerprint density at radius 2 is 1.76 bits per heavy atom. The Balaban J connectivity index is 1.31. The van der Waals surface area contributed by atoms with Gasteiger partial charge in [-0.15, -0.1) is 0 Å². The van der Waals surface area contributed by atoms with Gasteiger partial charge in [-0.2, -0.15) is 0 Å². The van der Waals surface area contributed by atoms with Crippen molar-refractivity contribution in [3.05, 3.63) is 76.8 Å². The summed E-state index contributed by atoms with van der Waals surface area (Å²) in [5.41, 5.74) is 1.66. The van der Waals surface area contributed by atoms with Gasteiger partial charge in [0, 0.05) is 16.8 Å². The van der Waals surface area contributed by atoms with Gasteiger partial charge in [0.05, 0.1) is 12.7 Å². The average molecular weight is 470 g/mol. The summed E-state index contributed by atoms with van der Waals surface area (Å²) < 4.78 is 26.7. The molecule has 0 saturated heterocycles. The first-order valence-corrected chi connectivity index (χ1v) is 10.3. The van der Waals surface area contributed by atoms with E-state index in [4.69, 9.17) is 35.3 Å². The van der Waals surface area contributed by atoms with E-state index < -0.39 is 18.5 Å². The number of ether oxygens (including phenoxy) is 5. The number of nitrogens with one attached hydrogen (secondary N) is 1. The first-order chi connectivity index (χ1) is 16.0. The second-order valence-corrected chi connectivity index (χ2v) is 7.41.